The second kappa shape index (κ2) is 8.07. The van der Waals surface area contributed by atoms with Crippen molar-refractivity contribution in [3.05, 3.63) is 43.1 Å². The van der Waals surface area contributed by atoms with Crippen LogP contribution in [-0.4, -0.2) is 8.75 Å². The maximum absolute atomic E-state index is 2.55. The summed E-state index contributed by atoms with van der Waals surface area (Å²) < 4.78 is 5.47. The van der Waals surface area contributed by atoms with Crippen LogP contribution >= 0.6 is 24.8 Å². The van der Waals surface area contributed by atoms with E-state index in [2.05, 4.69) is 63.4 Å². The van der Waals surface area contributed by atoms with E-state index in [1.807, 2.05) is 6.66 Å². The summed E-state index contributed by atoms with van der Waals surface area (Å²) in [5, 5.41) is 0. The minimum absolute atomic E-state index is 0. The van der Waals surface area contributed by atoms with Gasteiger partial charge in [-0.25, -0.2) is 0 Å². The van der Waals surface area contributed by atoms with E-state index in [1.165, 1.54) is 12.8 Å². The Kier molecular flexibility index (Phi) is 8.28. The van der Waals surface area contributed by atoms with E-state index in [4.69, 9.17) is 0 Å². The standard InChI is InChI=1S/2C5H5.C3H6.C2H6Si.2ClH.Hf/c2*1-2-4-5-3-1;2*1-3-2;;;/h2*1-3H,4H2;2*1-2H3;2*1H;. The SMILES string of the molecule is C[C](C)=[Hf]([C]1=CC=CC1)([C]1=CC=CC1)=[Si](C)C.Cl.Cl. The molecule has 0 saturated carbocycles. The van der Waals surface area contributed by atoms with Crippen LogP contribution in [0.2, 0.25) is 13.1 Å². The van der Waals surface area contributed by atoms with Gasteiger partial charge in [-0.15, -0.1) is 24.8 Å². The van der Waals surface area contributed by atoms with Crippen LogP contribution in [-0.2, 0) is 18.1 Å². The molecule has 19 heavy (non-hydrogen) atoms. The van der Waals surface area contributed by atoms with Gasteiger partial charge in [0.05, 0.1) is 0 Å². The van der Waals surface area contributed by atoms with Gasteiger partial charge in [-0.2, -0.15) is 0 Å². The van der Waals surface area contributed by atoms with Crippen LogP contribution in [0.4, 0.5) is 0 Å². The molecule has 106 valence electrons. The van der Waals surface area contributed by atoms with Crippen molar-refractivity contribution in [2.24, 2.45) is 0 Å². The Morgan fingerprint density at radius 2 is 1.37 bits per heavy atom. The van der Waals surface area contributed by atoms with Crippen LogP contribution in [0.3, 0.4) is 0 Å². The third kappa shape index (κ3) is 3.40. The van der Waals surface area contributed by atoms with Crippen molar-refractivity contribution in [3.63, 3.8) is 0 Å². The van der Waals surface area contributed by atoms with Crippen molar-refractivity contribution in [2.45, 2.75) is 39.8 Å². The van der Waals surface area contributed by atoms with Gasteiger partial charge >= 0.3 is 110 Å². The number of rotatable bonds is 2. The van der Waals surface area contributed by atoms with Gasteiger partial charge in [-0.05, 0) is 0 Å². The molecule has 0 aliphatic heterocycles. The summed E-state index contributed by atoms with van der Waals surface area (Å²) in [5.41, 5.74) is -0.229. The number of hydrogen-bond donors (Lipinski definition) is 0. The fraction of sp³-hybridized carbons (Fsp3) is 0.400. The molecule has 0 radical (unpaired) electrons. The molecule has 0 saturated heterocycles. The van der Waals surface area contributed by atoms with Gasteiger partial charge in [-0.3, -0.25) is 0 Å². The summed E-state index contributed by atoms with van der Waals surface area (Å²) in [6, 6.07) is 0. The first kappa shape index (κ1) is 19.5. The van der Waals surface area contributed by atoms with Gasteiger partial charge in [0.1, 0.15) is 0 Å². The largest absolute Gasteiger partial charge is 0.147 e. The van der Waals surface area contributed by atoms with Gasteiger partial charge in [0.25, 0.3) is 0 Å². The van der Waals surface area contributed by atoms with Gasteiger partial charge in [-0.1, -0.05) is 0 Å². The molecule has 0 bridgehead atoms. The van der Waals surface area contributed by atoms with Crippen molar-refractivity contribution in [1.82, 2.24) is 0 Å². The van der Waals surface area contributed by atoms with E-state index in [0.29, 0.717) is 0 Å². The molecule has 2 aliphatic rings. The van der Waals surface area contributed by atoms with Crippen LogP contribution < -0.4 is 0 Å². The topological polar surface area (TPSA) is 0 Å². The number of halogens is 2. The first-order valence-corrected chi connectivity index (χ1v) is 19.7. The molecule has 0 aromatic carbocycles. The maximum Gasteiger partial charge on any atom is -0.147 e. The van der Waals surface area contributed by atoms with Crippen LogP contribution in [0.5, 0.6) is 0 Å². The zero-order chi connectivity index (χ0) is 12.5. The molecule has 0 N–H and O–H groups in total. The predicted molar refractivity (Wildman–Crippen MR) is 92.0 cm³/mol. The van der Waals surface area contributed by atoms with Gasteiger partial charge in [0.15, 0.2) is 0 Å². The van der Waals surface area contributed by atoms with Crippen molar-refractivity contribution >= 4 is 33.6 Å². The van der Waals surface area contributed by atoms with E-state index in [-0.39, 0.29) is 30.3 Å². The summed E-state index contributed by atoms with van der Waals surface area (Å²) in [6.45, 7) is 9.93. The molecule has 0 aromatic heterocycles. The van der Waals surface area contributed by atoms with Crippen LogP contribution in [0.1, 0.15) is 26.7 Å². The molecule has 0 fully saturated rings. The Bertz CT molecular complexity index is 519. The summed E-state index contributed by atoms with van der Waals surface area (Å²) in [5.74, 6) is 0. The summed E-state index contributed by atoms with van der Waals surface area (Å²) >= 11 is -2.51. The van der Waals surface area contributed by atoms with E-state index in [0.717, 1.165) is 0 Å². The minimum Gasteiger partial charge on any atom is -0.147 e. The quantitative estimate of drug-likeness (QED) is 0.479. The van der Waals surface area contributed by atoms with E-state index in [1.54, 1.807) is 3.26 Å². The van der Waals surface area contributed by atoms with E-state index in [9.17, 15) is 0 Å². The Labute approximate surface area is 133 Å². The Hall–Kier alpha value is 0.497. The van der Waals surface area contributed by atoms with Crippen LogP contribution in [0.25, 0.3) is 0 Å². The van der Waals surface area contributed by atoms with Crippen molar-refractivity contribution in [1.29, 1.82) is 0 Å². The van der Waals surface area contributed by atoms with Crippen molar-refractivity contribution < 1.29 is 18.1 Å². The second-order valence-corrected chi connectivity index (χ2v) is 37.9. The van der Waals surface area contributed by atoms with Crippen LogP contribution in [0, 0.1) is 0 Å². The molecule has 0 heterocycles. The molecular weight excluding hydrogens is 458 g/mol. The monoisotopic (exact) mass is 482 g/mol. The Balaban J connectivity index is 0.00000162. The molecule has 2 aliphatic carbocycles. The molecular formula is C15H24Cl2HfSi. The molecule has 0 unspecified atom stereocenters. The number of hydrogen-bond acceptors (Lipinski definition) is 0. The molecule has 0 aromatic rings. The normalized spacial score (nSPS) is 15.6. The zero-order valence-corrected chi connectivity index (χ0v) is 18.4. The molecule has 0 amide bonds. The third-order valence-corrected chi connectivity index (χ3v) is 46.0. The van der Waals surface area contributed by atoms with Crippen molar-refractivity contribution in [2.75, 3.05) is 0 Å². The van der Waals surface area contributed by atoms with Gasteiger partial charge < -0.3 is 0 Å². The molecule has 0 spiro atoms. The van der Waals surface area contributed by atoms with Crippen molar-refractivity contribution in [3.8, 4) is 0 Å². The Morgan fingerprint density at radius 1 is 0.947 bits per heavy atom. The average Bonchev–Trinajstić information content (AvgIpc) is 2.88. The zero-order valence-electron chi connectivity index (χ0n) is 12.2. The number of allylic oxidation sites excluding steroid dienone is 8. The molecule has 4 heteroatoms. The Morgan fingerprint density at radius 3 is 1.58 bits per heavy atom. The smallest absolute Gasteiger partial charge is 0.147 e. The first-order valence-electron chi connectivity index (χ1n) is 6.43. The van der Waals surface area contributed by atoms with E-state index < -0.39 is 18.1 Å². The molecule has 2 rings (SSSR count). The molecule has 0 atom stereocenters. The summed E-state index contributed by atoms with van der Waals surface area (Å²) in [4.78, 5) is 0. The fourth-order valence-corrected chi connectivity index (χ4v) is 45.0. The van der Waals surface area contributed by atoms with E-state index >= 15 is 0 Å². The average molecular weight is 482 g/mol. The summed E-state index contributed by atoms with van der Waals surface area (Å²) in [7, 11) is 0. The third-order valence-electron chi connectivity index (χ3n) is 4.01. The first-order chi connectivity index (χ1) is 8.10. The maximum atomic E-state index is 2.55. The molecule has 0 nitrogen and oxygen atoms in total. The predicted octanol–water partition coefficient (Wildman–Crippen LogP) is 5.13. The summed E-state index contributed by atoms with van der Waals surface area (Å²) in [6.07, 6.45) is 16.6. The van der Waals surface area contributed by atoms with Gasteiger partial charge in [0, 0.05) is 0 Å². The van der Waals surface area contributed by atoms with Gasteiger partial charge in [0.2, 0.25) is 0 Å². The minimum atomic E-state index is -2.51. The van der Waals surface area contributed by atoms with Crippen LogP contribution in [0.15, 0.2) is 43.1 Å². The fourth-order valence-electron chi connectivity index (χ4n) is 3.44. The second-order valence-electron chi connectivity index (χ2n) is 5.40.